The van der Waals surface area contributed by atoms with Crippen LogP contribution in [0.1, 0.15) is 26.6 Å². The first-order valence-corrected chi connectivity index (χ1v) is 3.88. The quantitative estimate of drug-likeness (QED) is 0.666. The van der Waals surface area contributed by atoms with Crippen LogP contribution >= 0.6 is 0 Å². The molecular weight excluding hydrogens is 159 g/mol. The average molecular weight is 172 g/mol. The van der Waals surface area contributed by atoms with Gasteiger partial charge in [0.05, 0.1) is 6.54 Å². The van der Waals surface area contributed by atoms with Crippen molar-refractivity contribution >= 4 is 0 Å². The molecule has 1 rings (SSSR count). The number of nitrogens with zero attached hydrogens (tertiary/aromatic N) is 4. The molecule has 0 atom stereocenters. The molecule has 0 saturated heterocycles. The molecular formula is C7H13FN4. The first-order valence-electron chi connectivity index (χ1n) is 3.88. The molecule has 0 N–H and O–H groups in total. The van der Waals surface area contributed by atoms with E-state index in [-0.39, 0.29) is 12.0 Å². The Morgan fingerprint density at radius 1 is 1.42 bits per heavy atom. The summed E-state index contributed by atoms with van der Waals surface area (Å²) in [7, 11) is 0. The Balaban J connectivity index is 2.77. The van der Waals surface area contributed by atoms with Gasteiger partial charge in [-0.2, -0.15) is 4.80 Å². The predicted octanol–water partition coefficient (Wildman–Crippen LogP) is 0.940. The second-order valence-corrected chi connectivity index (χ2v) is 3.65. The van der Waals surface area contributed by atoms with Crippen LogP contribution in [0.2, 0.25) is 0 Å². The van der Waals surface area contributed by atoms with Crippen LogP contribution < -0.4 is 0 Å². The van der Waals surface area contributed by atoms with Gasteiger partial charge < -0.3 is 0 Å². The number of aryl methyl sites for hydroxylation is 1. The lowest BCUT2D eigenvalue weighted by Crippen LogP contribution is -2.14. The highest BCUT2D eigenvalue weighted by Crippen LogP contribution is 2.15. The highest BCUT2D eigenvalue weighted by Gasteiger charge is 2.19. The van der Waals surface area contributed by atoms with E-state index in [1.807, 2.05) is 20.8 Å². The molecule has 0 aromatic carbocycles. The first kappa shape index (κ1) is 9.09. The fourth-order valence-electron chi connectivity index (χ4n) is 0.714. The third-order valence-corrected chi connectivity index (χ3v) is 1.41. The van der Waals surface area contributed by atoms with Crippen molar-refractivity contribution < 1.29 is 4.39 Å². The van der Waals surface area contributed by atoms with Crippen LogP contribution in [-0.4, -0.2) is 26.9 Å². The number of aromatic nitrogens is 4. The predicted molar refractivity (Wildman–Crippen MR) is 42.5 cm³/mol. The Hall–Kier alpha value is -1.00. The number of halogens is 1. The van der Waals surface area contributed by atoms with Crippen LogP contribution in [0.5, 0.6) is 0 Å². The lowest BCUT2D eigenvalue weighted by atomic mass is 9.96. The van der Waals surface area contributed by atoms with E-state index in [2.05, 4.69) is 15.4 Å². The monoisotopic (exact) mass is 172 g/mol. The maximum atomic E-state index is 11.9. The lowest BCUT2D eigenvalue weighted by molar-refractivity contribution is 0.394. The zero-order valence-corrected chi connectivity index (χ0v) is 7.58. The Labute approximate surface area is 70.8 Å². The third-order valence-electron chi connectivity index (χ3n) is 1.41. The van der Waals surface area contributed by atoms with Crippen molar-refractivity contribution in [2.75, 3.05) is 6.67 Å². The zero-order valence-electron chi connectivity index (χ0n) is 7.58. The van der Waals surface area contributed by atoms with E-state index in [1.165, 1.54) is 4.80 Å². The molecule has 0 fully saturated rings. The average Bonchev–Trinajstić information content (AvgIpc) is 2.35. The molecule has 0 radical (unpaired) electrons. The van der Waals surface area contributed by atoms with Crippen LogP contribution in [0.4, 0.5) is 4.39 Å². The van der Waals surface area contributed by atoms with Gasteiger partial charge in [-0.25, -0.2) is 4.39 Å². The summed E-state index contributed by atoms with van der Waals surface area (Å²) in [5.74, 6) is 0.649. The van der Waals surface area contributed by atoms with Gasteiger partial charge in [0.25, 0.3) is 0 Å². The van der Waals surface area contributed by atoms with Gasteiger partial charge in [-0.1, -0.05) is 20.8 Å². The Bertz CT molecular complexity index is 250. The molecule has 4 nitrogen and oxygen atoms in total. The first-order chi connectivity index (χ1) is 5.54. The van der Waals surface area contributed by atoms with Gasteiger partial charge in [0.15, 0.2) is 5.82 Å². The Morgan fingerprint density at radius 3 is 2.50 bits per heavy atom. The van der Waals surface area contributed by atoms with Crippen LogP contribution in [0.15, 0.2) is 0 Å². The smallest absolute Gasteiger partial charge is 0.180 e. The van der Waals surface area contributed by atoms with E-state index in [0.29, 0.717) is 5.82 Å². The summed E-state index contributed by atoms with van der Waals surface area (Å²) in [5, 5.41) is 11.6. The third kappa shape index (κ3) is 1.99. The zero-order chi connectivity index (χ0) is 9.19. The number of rotatable bonds is 2. The Morgan fingerprint density at radius 2 is 2.08 bits per heavy atom. The molecule has 0 amide bonds. The van der Waals surface area contributed by atoms with Gasteiger partial charge in [0.2, 0.25) is 0 Å². The SMILES string of the molecule is CC(C)(C)c1nnn(CCF)n1. The summed E-state index contributed by atoms with van der Waals surface area (Å²) >= 11 is 0. The molecule has 0 spiro atoms. The fourth-order valence-corrected chi connectivity index (χ4v) is 0.714. The van der Waals surface area contributed by atoms with Gasteiger partial charge in [0, 0.05) is 5.41 Å². The van der Waals surface area contributed by atoms with Crippen molar-refractivity contribution in [2.45, 2.75) is 32.7 Å². The summed E-state index contributed by atoms with van der Waals surface area (Å²) in [5.41, 5.74) is -0.117. The molecule has 0 bridgehead atoms. The van der Waals surface area contributed by atoms with Crippen LogP contribution in [-0.2, 0) is 12.0 Å². The van der Waals surface area contributed by atoms with E-state index < -0.39 is 6.67 Å². The topological polar surface area (TPSA) is 43.6 Å². The normalized spacial score (nSPS) is 12.0. The van der Waals surface area contributed by atoms with E-state index in [1.54, 1.807) is 0 Å². The van der Waals surface area contributed by atoms with E-state index >= 15 is 0 Å². The number of tetrazole rings is 1. The van der Waals surface area contributed by atoms with Crippen molar-refractivity contribution in [1.29, 1.82) is 0 Å². The molecule has 12 heavy (non-hydrogen) atoms. The standard InChI is InChI=1S/C7H13FN4/c1-7(2,3)6-9-11-12(10-6)5-4-8/h4-5H2,1-3H3. The molecule has 1 aromatic heterocycles. The molecule has 5 heteroatoms. The van der Waals surface area contributed by atoms with Gasteiger partial charge in [-0.15, -0.1) is 10.2 Å². The Kier molecular flexibility index (Phi) is 2.40. The molecule has 1 heterocycles. The van der Waals surface area contributed by atoms with E-state index in [0.717, 1.165) is 0 Å². The molecule has 0 aliphatic heterocycles. The van der Waals surface area contributed by atoms with Crippen molar-refractivity contribution in [1.82, 2.24) is 20.2 Å². The number of alkyl halides is 1. The minimum atomic E-state index is -0.458. The summed E-state index contributed by atoms with van der Waals surface area (Å²) in [6.45, 7) is 5.69. The summed E-state index contributed by atoms with van der Waals surface area (Å²) in [6.07, 6.45) is 0. The molecule has 0 aliphatic carbocycles. The van der Waals surface area contributed by atoms with E-state index in [4.69, 9.17) is 0 Å². The van der Waals surface area contributed by atoms with Crippen LogP contribution in [0, 0.1) is 0 Å². The van der Waals surface area contributed by atoms with Crippen LogP contribution in [0.25, 0.3) is 0 Å². The highest BCUT2D eigenvalue weighted by molar-refractivity contribution is 4.95. The van der Waals surface area contributed by atoms with Gasteiger partial charge in [-0.05, 0) is 5.21 Å². The summed E-state index contributed by atoms with van der Waals surface area (Å²) in [6, 6.07) is 0. The minimum Gasteiger partial charge on any atom is -0.249 e. The van der Waals surface area contributed by atoms with Crippen LogP contribution in [0.3, 0.4) is 0 Å². The number of hydrogen-bond donors (Lipinski definition) is 0. The summed E-state index contributed by atoms with van der Waals surface area (Å²) in [4.78, 5) is 1.28. The van der Waals surface area contributed by atoms with Gasteiger partial charge in [-0.3, -0.25) is 0 Å². The molecule has 0 aliphatic rings. The van der Waals surface area contributed by atoms with Crippen molar-refractivity contribution in [3.63, 3.8) is 0 Å². The molecule has 68 valence electrons. The minimum absolute atomic E-state index is 0.117. The highest BCUT2D eigenvalue weighted by atomic mass is 19.1. The van der Waals surface area contributed by atoms with Crippen molar-refractivity contribution in [3.05, 3.63) is 5.82 Å². The van der Waals surface area contributed by atoms with Gasteiger partial charge >= 0.3 is 0 Å². The van der Waals surface area contributed by atoms with Crippen molar-refractivity contribution in [2.24, 2.45) is 0 Å². The summed E-state index contributed by atoms with van der Waals surface area (Å²) < 4.78 is 11.9. The maximum absolute atomic E-state index is 11.9. The second kappa shape index (κ2) is 3.16. The maximum Gasteiger partial charge on any atom is 0.180 e. The van der Waals surface area contributed by atoms with E-state index in [9.17, 15) is 4.39 Å². The van der Waals surface area contributed by atoms with Gasteiger partial charge in [0.1, 0.15) is 6.67 Å². The molecule has 0 saturated carbocycles. The van der Waals surface area contributed by atoms with Crippen molar-refractivity contribution in [3.8, 4) is 0 Å². The number of hydrogen-bond acceptors (Lipinski definition) is 3. The molecule has 0 unspecified atom stereocenters. The largest absolute Gasteiger partial charge is 0.249 e. The lowest BCUT2D eigenvalue weighted by Gasteiger charge is -2.10. The molecule has 1 aromatic rings. The fraction of sp³-hybridized carbons (Fsp3) is 0.857. The second-order valence-electron chi connectivity index (χ2n) is 3.65.